The van der Waals surface area contributed by atoms with Crippen LogP contribution >= 0.6 is 0 Å². The number of carbonyl (C=O) groups excluding carboxylic acids is 2. The molecule has 2 aliphatic rings. The van der Waals surface area contributed by atoms with E-state index in [2.05, 4.69) is 15.3 Å². The molecule has 0 unspecified atom stereocenters. The standard InChI is InChI=1S/C23H31N5O3/c1-17-4-6-18(7-5-17)14-24-21(29)20-15-26(2)16-23(31-20)9-12-28(13-10-23)22(30)19-8-11-27(3)25-19/h4-8,11,20H,9-10,12-16H2,1-3H3,(H,24,29)/t20-/m1/s1. The zero-order chi connectivity index (χ0) is 22.0. The molecule has 8 heteroatoms. The van der Waals surface area contributed by atoms with E-state index < -0.39 is 11.7 Å². The lowest BCUT2D eigenvalue weighted by Gasteiger charge is -2.48. The van der Waals surface area contributed by atoms with Gasteiger partial charge >= 0.3 is 0 Å². The molecule has 4 rings (SSSR count). The number of carbonyl (C=O) groups is 2. The van der Waals surface area contributed by atoms with Crippen LogP contribution in [0.25, 0.3) is 0 Å². The molecular formula is C23H31N5O3. The van der Waals surface area contributed by atoms with E-state index in [1.54, 1.807) is 24.0 Å². The first-order chi connectivity index (χ1) is 14.8. The van der Waals surface area contributed by atoms with Crippen molar-refractivity contribution in [3.8, 4) is 0 Å². The number of piperidine rings is 1. The van der Waals surface area contributed by atoms with Gasteiger partial charge in [0.2, 0.25) is 0 Å². The molecule has 2 fully saturated rings. The maximum absolute atomic E-state index is 12.8. The molecule has 0 saturated carbocycles. The van der Waals surface area contributed by atoms with E-state index in [1.165, 1.54) is 5.56 Å². The average Bonchev–Trinajstić information content (AvgIpc) is 3.19. The number of hydrogen-bond acceptors (Lipinski definition) is 5. The Bertz CT molecular complexity index is 931. The first kappa shape index (κ1) is 21.5. The fourth-order valence-corrected chi connectivity index (χ4v) is 4.45. The fraction of sp³-hybridized carbons (Fsp3) is 0.522. The van der Waals surface area contributed by atoms with Gasteiger partial charge in [0.15, 0.2) is 0 Å². The van der Waals surface area contributed by atoms with Crippen molar-refractivity contribution < 1.29 is 14.3 Å². The molecule has 31 heavy (non-hydrogen) atoms. The van der Waals surface area contributed by atoms with Gasteiger partial charge in [-0.2, -0.15) is 5.10 Å². The molecule has 0 bridgehead atoms. The molecule has 2 aliphatic heterocycles. The van der Waals surface area contributed by atoms with Gasteiger partial charge in [-0.25, -0.2) is 0 Å². The molecule has 0 aliphatic carbocycles. The van der Waals surface area contributed by atoms with Crippen molar-refractivity contribution in [2.24, 2.45) is 7.05 Å². The number of likely N-dealkylation sites (N-methyl/N-ethyl adjacent to an activating group) is 1. The summed E-state index contributed by atoms with van der Waals surface area (Å²) in [7, 11) is 3.83. The lowest BCUT2D eigenvalue weighted by molar-refractivity contribution is -0.180. The number of amides is 2. The number of rotatable bonds is 4. The summed E-state index contributed by atoms with van der Waals surface area (Å²) in [6, 6.07) is 9.88. The molecule has 1 aromatic carbocycles. The monoisotopic (exact) mass is 425 g/mol. The zero-order valence-corrected chi connectivity index (χ0v) is 18.5. The van der Waals surface area contributed by atoms with Gasteiger partial charge in [-0.05, 0) is 38.4 Å². The highest BCUT2D eigenvalue weighted by atomic mass is 16.5. The van der Waals surface area contributed by atoms with Crippen LogP contribution in [0.4, 0.5) is 0 Å². The Hall–Kier alpha value is -2.71. The molecule has 2 aromatic rings. The summed E-state index contributed by atoms with van der Waals surface area (Å²) in [6.45, 7) is 5.06. The van der Waals surface area contributed by atoms with Crippen LogP contribution in [0.15, 0.2) is 36.5 Å². The second-order valence-corrected chi connectivity index (χ2v) is 8.86. The summed E-state index contributed by atoms with van der Waals surface area (Å²) in [5.41, 5.74) is 2.33. The van der Waals surface area contributed by atoms with E-state index in [9.17, 15) is 9.59 Å². The third kappa shape index (κ3) is 4.97. The topological polar surface area (TPSA) is 79.7 Å². The second kappa shape index (κ2) is 8.80. The summed E-state index contributed by atoms with van der Waals surface area (Å²) in [4.78, 5) is 29.5. The van der Waals surface area contributed by atoms with Crippen molar-refractivity contribution in [3.63, 3.8) is 0 Å². The molecule has 1 aromatic heterocycles. The number of nitrogens with zero attached hydrogens (tertiary/aromatic N) is 4. The molecule has 2 saturated heterocycles. The van der Waals surface area contributed by atoms with E-state index in [1.807, 2.05) is 43.1 Å². The van der Waals surface area contributed by atoms with Crippen LogP contribution in [-0.2, 0) is 23.1 Å². The Morgan fingerprint density at radius 2 is 1.87 bits per heavy atom. The van der Waals surface area contributed by atoms with E-state index in [0.717, 1.165) is 12.1 Å². The largest absolute Gasteiger partial charge is 0.359 e. The van der Waals surface area contributed by atoms with Gasteiger partial charge in [0.25, 0.3) is 11.8 Å². The molecular weight excluding hydrogens is 394 g/mol. The Morgan fingerprint density at radius 3 is 2.52 bits per heavy atom. The zero-order valence-electron chi connectivity index (χ0n) is 18.5. The van der Waals surface area contributed by atoms with E-state index in [4.69, 9.17) is 4.74 Å². The smallest absolute Gasteiger partial charge is 0.274 e. The fourth-order valence-electron chi connectivity index (χ4n) is 4.45. The van der Waals surface area contributed by atoms with Crippen LogP contribution in [-0.4, -0.2) is 76.3 Å². The molecule has 166 valence electrons. The highest BCUT2D eigenvalue weighted by Gasteiger charge is 2.44. The predicted molar refractivity (Wildman–Crippen MR) is 116 cm³/mol. The van der Waals surface area contributed by atoms with Crippen molar-refractivity contribution in [3.05, 3.63) is 53.3 Å². The van der Waals surface area contributed by atoms with E-state index in [0.29, 0.717) is 44.7 Å². The maximum atomic E-state index is 12.8. The van der Waals surface area contributed by atoms with Gasteiger partial charge in [0, 0.05) is 46.0 Å². The van der Waals surface area contributed by atoms with Crippen LogP contribution in [0.2, 0.25) is 0 Å². The lowest BCUT2D eigenvalue weighted by Crippen LogP contribution is -2.61. The van der Waals surface area contributed by atoms with Crippen LogP contribution < -0.4 is 5.32 Å². The number of benzene rings is 1. The molecule has 1 spiro atoms. The highest BCUT2D eigenvalue weighted by molar-refractivity contribution is 5.92. The van der Waals surface area contributed by atoms with Gasteiger partial charge in [-0.3, -0.25) is 14.3 Å². The SMILES string of the molecule is Cc1ccc(CNC(=O)[C@H]2CN(C)CC3(CCN(C(=O)c4ccn(C)n4)CC3)O2)cc1. The van der Waals surface area contributed by atoms with Gasteiger partial charge < -0.3 is 19.9 Å². The molecule has 0 radical (unpaired) electrons. The average molecular weight is 426 g/mol. The molecule has 1 N–H and O–H groups in total. The van der Waals surface area contributed by atoms with Crippen molar-refractivity contribution in [1.82, 2.24) is 24.9 Å². The number of ether oxygens (including phenoxy) is 1. The van der Waals surface area contributed by atoms with Crippen molar-refractivity contribution in [2.75, 3.05) is 33.2 Å². The van der Waals surface area contributed by atoms with Crippen LogP contribution in [0.3, 0.4) is 0 Å². The summed E-state index contributed by atoms with van der Waals surface area (Å²) in [6.07, 6.45) is 2.68. The van der Waals surface area contributed by atoms with E-state index in [-0.39, 0.29) is 11.8 Å². The Balaban J connectivity index is 1.34. The quantitative estimate of drug-likeness (QED) is 0.800. The first-order valence-corrected chi connectivity index (χ1v) is 10.8. The first-order valence-electron chi connectivity index (χ1n) is 10.8. The van der Waals surface area contributed by atoms with E-state index >= 15 is 0 Å². The molecule has 3 heterocycles. The number of nitrogens with one attached hydrogen (secondary N) is 1. The third-order valence-electron chi connectivity index (χ3n) is 6.20. The number of likely N-dealkylation sites (tertiary alicyclic amines) is 1. The minimum absolute atomic E-state index is 0.0491. The maximum Gasteiger partial charge on any atom is 0.274 e. The van der Waals surface area contributed by atoms with Gasteiger partial charge in [0.1, 0.15) is 11.8 Å². The molecule has 1 atom stereocenters. The van der Waals surface area contributed by atoms with Crippen LogP contribution in [0.1, 0.15) is 34.5 Å². The normalized spacial score (nSPS) is 21.3. The Morgan fingerprint density at radius 1 is 1.16 bits per heavy atom. The highest BCUT2D eigenvalue weighted by Crippen LogP contribution is 2.32. The van der Waals surface area contributed by atoms with Crippen LogP contribution in [0, 0.1) is 6.92 Å². The molecule has 2 amide bonds. The minimum Gasteiger partial charge on any atom is -0.359 e. The van der Waals surface area contributed by atoms with Gasteiger partial charge in [0.05, 0.1) is 5.60 Å². The Kier molecular flexibility index (Phi) is 6.11. The van der Waals surface area contributed by atoms with Crippen LogP contribution in [0.5, 0.6) is 0 Å². The second-order valence-electron chi connectivity index (χ2n) is 8.86. The number of hydrogen-bond donors (Lipinski definition) is 1. The minimum atomic E-state index is -0.512. The van der Waals surface area contributed by atoms with Gasteiger partial charge in [-0.15, -0.1) is 0 Å². The lowest BCUT2D eigenvalue weighted by atomic mass is 9.88. The summed E-state index contributed by atoms with van der Waals surface area (Å²) < 4.78 is 8.02. The predicted octanol–water partition coefficient (Wildman–Crippen LogP) is 1.35. The number of morpholine rings is 1. The summed E-state index contributed by atoms with van der Waals surface area (Å²) in [5, 5.41) is 7.24. The van der Waals surface area contributed by atoms with Crippen molar-refractivity contribution in [2.45, 2.75) is 38.0 Å². The third-order valence-corrected chi connectivity index (χ3v) is 6.20. The van der Waals surface area contributed by atoms with Crippen molar-refractivity contribution in [1.29, 1.82) is 0 Å². The Labute approximate surface area is 183 Å². The van der Waals surface area contributed by atoms with Gasteiger partial charge in [-0.1, -0.05) is 29.8 Å². The number of aromatic nitrogens is 2. The number of aryl methyl sites for hydroxylation is 2. The summed E-state index contributed by atoms with van der Waals surface area (Å²) in [5.74, 6) is -0.134. The molecule has 8 nitrogen and oxygen atoms in total. The van der Waals surface area contributed by atoms with Crippen molar-refractivity contribution >= 4 is 11.8 Å². The summed E-state index contributed by atoms with van der Waals surface area (Å²) >= 11 is 0.